The van der Waals surface area contributed by atoms with Gasteiger partial charge in [-0.2, -0.15) is 0 Å². The lowest BCUT2D eigenvalue weighted by Crippen LogP contribution is -2.50. The van der Waals surface area contributed by atoms with Crippen LogP contribution in [0.5, 0.6) is 0 Å². The molecule has 1 heterocycles. The van der Waals surface area contributed by atoms with Gasteiger partial charge in [0.15, 0.2) is 0 Å². The Kier molecular flexibility index (Phi) is 12.7. The van der Waals surface area contributed by atoms with Crippen molar-refractivity contribution >= 4 is 41.0 Å². The summed E-state index contributed by atoms with van der Waals surface area (Å²) >= 11 is 1.08. The number of anilines is 1. The maximum Gasteiger partial charge on any atom is 0.511 e. The van der Waals surface area contributed by atoms with Crippen LogP contribution in [-0.2, 0) is 23.8 Å². The van der Waals surface area contributed by atoms with E-state index in [0.717, 1.165) is 37.0 Å². The van der Waals surface area contributed by atoms with Crippen molar-refractivity contribution in [2.45, 2.75) is 99.1 Å². The van der Waals surface area contributed by atoms with Crippen molar-refractivity contribution in [1.82, 2.24) is 4.90 Å². The third-order valence-corrected chi connectivity index (χ3v) is 7.73. The lowest BCUT2D eigenvalue weighted by Gasteiger charge is -2.34. The van der Waals surface area contributed by atoms with Gasteiger partial charge in [-0.25, -0.2) is 9.59 Å². The maximum atomic E-state index is 14.0. The van der Waals surface area contributed by atoms with Gasteiger partial charge in [-0.1, -0.05) is 38.5 Å². The van der Waals surface area contributed by atoms with Crippen molar-refractivity contribution in [3.63, 3.8) is 0 Å². The van der Waals surface area contributed by atoms with E-state index in [1.165, 1.54) is 9.80 Å². The first-order chi connectivity index (χ1) is 19.1. The number of likely N-dealkylation sites (N-methyl/N-ethyl adjacent to an activating group) is 1. The van der Waals surface area contributed by atoms with Crippen LogP contribution in [0.25, 0.3) is 0 Å². The number of hydrogen-bond acceptors (Lipinski definition) is 8. The minimum Gasteiger partial charge on any atom is -0.431 e. The number of hydrogen-bond donors (Lipinski definition) is 0. The number of nitrogens with zero attached hydrogens (tertiary/aromatic N) is 2. The summed E-state index contributed by atoms with van der Waals surface area (Å²) in [6, 6.07) is 0.863. The molecule has 1 aliphatic carbocycles. The number of ether oxygens (including phenoxy) is 3. The standard InChI is InChI=1S/C31H46N2O7S/c1-10-24(28(35)32(8)9)33(26(34)17-22-13-11-21(4)12-14-22)25-18-23(15-16-31(5,6)7)41-27(25)29(36)38-19-39-30(37)40-20(2)3/h18,20-22,24H,10-14,17,19H2,1-9H3. The first kappa shape index (κ1) is 34.1. The van der Waals surface area contributed by atoms with Gasteiger partial charge >= 0.3 is 12.1 Å². The summed E-state index contributed by atoms with van der Waals surface area (Å²) in [5.74, 6) is 5.86. The Morgan fingerprint density at radius 2 is 1.71 bits per heavy atom. The minimum absolute atomic E-state index is 0.111. The average molecular weight is 591 g/mol. The van der Waals surface area contributed by atoms with Crippen molar-refractivity contribution in [3.8, 4) is 11.8 Å². The van der Waals surface area contributed by atoms with E-state index in [0.29, 0.717) is 17.2 Å². The second kappa shape index (κ2) is 15.2. The molecule has 1 aliphatic rings. The van der Waals surface area contributed by atoms with Gasteiger partial charge in [0.1, 0.15) is 10.9 Å². The molecule has 0 bridgehead atoms. The molecule has 0 aliphatic heterocycles. The highest BCUT2D eigenvalue weighted by Gasteiger charge is 2.36. The Bertz CT molecular complexity index is 1130. The second-order valence-corrected chi connectivity index (χ2v) is 13.2. The Morgan fingerprint density at radius 3 is 2.24 bits per heavy atom. The molecule has 2 amide bonds. The molecule has 1 aromatic rings. The molecule has 10 heteroatoms. The van der Waals surface area contributed by atoms with E-state index in [1.807, 2.05) is 27.7 Å². The zero-order valence-corrected chi connectivity index (χ0v) is 26.8. The Hall–Kier alpha value is -3.06. The first-order valence-electron chi connectivity index (χ1n) is 14.3. The Labute approximate surface area is 248 Å². The summed E-state index contributed by atoms with van der Waals surface area (Å²) in [6.07, 6.45) is 3.30. The van der Waals surface area contributed by atoms with Gasteiger partial charge < -0.3 is 19.1 Å². The fourth-order valence-electron chi connectivity index (χ4n) is 4.56. The van der Waals surface area contributed by atoms with Crippen molar-refractivity contribution in [2.75, 3.05) is 25.8 Å². The first-order valence-corrected chi connectivity index (χ1v) is 15.1. The molecule has 2 rings (SSSR count). The molecular weight excluding hydrogens is 544 g/mol. The third-order valence-electron chi connectivity index (χ3n) is 6.71. The average Bonchev–Trinajstić information content (AvgIpc) is 3.29. The van der Waals surface area contributed by atoms with E-state index in [-0.39, 0.29) is 40.1 Å². The summed E-state index contributed by atoms with van der Waals surface area (Å²) < 4.78 is 15.0. The molecule has 1 atom stereocenters. The lowest BCUT2D eigenvalue weighted by molar-refractivity contribution is -0.132. The molecule has 1 aromatic heterocycles. The topological polar surface area (TPSA) is 102 Å². The second-order valence-electron chi connectivity index (χ2n) is 12.2. The highest BCUT2D eigenvalue weighted by atomic mass is 32.1. The zero-order valence-electron chi connectivity index (χ0n) is 26.0. The maximum absolute atomic E-state index is 14.0. The Morgan fingerprint density at radius 1 is 1.07 bits per heavy atom. The Balaban J connectivity index is 2.52. The molecule has 0 aromatic carbocycles. The molecule has 0 radical (unpaired) electrons. The summed E-state index contributed by atoms with van der Waals surface area (Å²) in [5.41, 5.74) is -0.0187. The van der Waals surface area contributed by atoms with Crippen molar-refractivity contribution in [1.29, 1.82) is 0 Å². The molecule has 1 unspecified atom stereocenters. The van der Waals surface area contributed by atoms with Gasteiger partial charge in [-0.3, -0.25) is 14.5 Å². The summed E-state index contributed by atoms with van der Waals surface area (Å²) in [7, 11) is 3.29. The number of carbonyl (C=O) groups excluding carboxylic acids is 4. The predicted octanol–water partition coefficient (Wildman–Crippen LogP) is 6.24. The lowest BCUT2D eigenvalue weighted by atomic mass is 9.81. The number of carbonyl (C=O) groups is 4. The molecule has 0 N–H and O–H groups in total. The van der Waals surface area contributed by atoms with Crippen LogP contribution in [-0.4, -0.2) is 61.9 Å². The fourth-order valence-corrected chi connectivity index (χ4v) is 5.46. The summed E-state index contributed by atoms with van der Waals surface area (Å²) in [6.45, 7) is 12.7. The van der Waals surface area contributed by atoms with E-state index in [2.05, 4.69) is 18.8 Å². The van der Waals surface area contributed by atoms with Crippen LogP contribution in [0, 0.1) is 29.1 Å². The van der Waals surface area contributed by atoms with E-state index < -0.39 is 31.1 Å². The van der Waals surface area contributed by atoms with E-state index in [1.54, 1.807) is 34.0 Å². The number of amides is 2. The third kappa shape index (κ3) is 10.7. The molecule has 41 heavy (non-hydrogen) atoms. The van der Waals surface area contributed by atoms with Gasteiger partial charge in [-0.15, -0.1) is 11.3 Å². The van der Waals surface area contributed by atoms with Crippen LogP contribution >= 0.6 is 11.3 Å². The van der Waals surface area contributed by atoms with Crippen LogP contribution in [0.2, 0.25) is 0 Å². The van der Waals surface area contributed by atoms with Gasteiger partial charge in [0.2, 0.25) is 18.6 Å². The smallest absolute Gasteiger partial charge is 0.431 e. The monoisotopic (exact) mass is 590 g/mol. The van der Waals surface area contributed by atoms with Crippen LogP contribution in [0.4, 0.5) is 10.5 Å². The number of rotatable bonds is 10. The summed E-state index contributed by atoms with van der Waals surface area (Å²) in [4.78, 5) is 56.0. The van der Waals surface area contributed by atoms with Crippen LogP contribution in [0.1, 0.15) is 102 Å². The van der Waals surface area contributed by atoms with Gasteiger partial charge in [-0.05, 0) is 71.8 Å². The summed E-state index contributed by atoms with van der Waals surface area (Å²) in [5, 5.41) is 0. The van der Waals surface area contributed by atoms with Gasteiger partial charge in [0, 0.05) is 25.9 Å². The van der Waals surface area contributed by atoms with Crippen molar-refractivity contribution in [3.05, 3.63) is 15.8 Å². The molecule has 0 spiro atoms. The van der Waals surface area contributed by atoms with Crippen molar-refractivity contribution in [2.24, 2.45) is 17.3 Å². The highest BCUT2D eigenvalue weighted by molar-refractivity contribution is 7.15. The quantitative estimate of drug-likeness (QED) is 0.181. The molecule has 0 saturated heterocycles. The molecule has 1 saturated carbocycles. The van der Waals surface area contributed by atoms with Gasteiger partial charge in [0.25, 0.3) is 0 Å². The van der Waals surface area contributed by atoms with E-state index >= 15 is 0 Å². The number of thiophene rings is 1. The SMILES string of the molecule is CCC(C(=O)N(C)C)N(C(=O)CC1CCC(C)CC1)c1cc(C#CC(C)(C)C)sc1C(=O)OCOC(=O)OC(C)C. The predicted molar refractivity (Wildman–Crippen MR) is 160 cm³/mol. The normalized spacial score (nSPS) is 17.6. The van der Waals surface area contributed by atoms with Crippen LogP contribution in [0.15, 0.2) is 6.07 Å². The largest absolute Gasteiger partial charge is 0.511 e. The number of esters is 1. The van der Waals surface area contributed by atoms with E-state index in [9.17, 15) is 19.2 Å². The fraction of sp³-hybridized carbons (Fsp3) is 0.677. The van der Waals surface area contributed by atoms with Crippen LogP contribution < -0.4 is 4.90 Å². The molecular formula is C31H46N2O7S. The zero-order chi connectivity index (χ0) is 30.9. The van der Waals surface area contributed by atoms with Gasteiger partial charge in [0.05, 0.1) is 16.7 Å². The molecule has 228 valence electrons. The molecule has 1 fully saturated rings. The highest BCUT2D eigenvalue weighted by Crippen LogP contribution is 2.36. The van der Waals surface area contributed by atoms with Crippen molar-refractivity contribution < 1.29 is 33.4 Å². The van der Waals surface area contributed by atoms with E-state index in [4.69, 9.17) is 14.2 Å². The molecule has 9 nitrogen and oxygen atoms in total. The van der Waals surface area contributed by atoms with Crippen LogP contribution in [0.3, 0.4) is 0 Å². The minimum atomic E-state index is -0.961.